The summed E-state index contributed by atoms with van der Waals surface area (Å²) in [6.45, 7) is 3.60. The van der Waals surface area contributed by atoms with E-state index < -0.39 is 35.8 Å². The Kier molecular flexibility index (Phi) is 4.72. The van der Waals surface area contributed by atoms with Crippen LogP contribution in [0.5, 0.6) is 0 Å². The molecule has 0 spiro atoms. The molecule has 0 aliphatic carbocycles. The van der Waals surface area contributed by atoms with Crippen LogP contribution < -0.4 is 0 Å². The number of hydrogen-bond donors (Lipinski definition) is 0. The summed E-state index contributed by atoms with van der Waals surface area (Å²) in [5.74, 6) is -2.04. The zero-order valence-corrected chi connectivity index (χ0v) is 15.5. The number of carbonyl (C=O) groups is 4. The maximum absolute atomic E-state index is 12.9. The molecule has 29 heavy (non-hydrogen) atoms. The Hall–Kier alpha value is -3.74. The van der Waals surface area contributed by atoms with Crippen LogP contribution in [0.1, 0.15) is 32.3 Å². The maximum Gasteiger partial charge on any atom is 0.333 e. The van der Waals surface area contributed by atoms with Crippen molar-refractivity contribution in [3.8, 4) is 0 Å². The number of ether oxygens (including phenoxy) is 1. The van der Waals surface area contributed by atoms with E-state index in [1.807, 2.05) is 0 Å². The Bertz CT molecular complexity index is 982. The summed E-state index contributed by atoms with van der Waals surface area (Å²) in [5, 5.41) is 0. The molecule has 0 bridgehead atoms. The van der Waals surface area contributed by atoms with Gasteiger partial charge in [-0.3, -0.25) is 19.3 Å². The molecule has 2 aromatic carbocycles. The minimum Gasteiger partial charge on any atom is -0.460 e. The SMILES string of the molecule is C=CCOC(=O)C(c1ccccc1)N1CC(N2C(=O)c3ccccc3C2=O)C1=O. The first-order valence-corrected chi connectivity index (χ1v) is 9.14. The van der Waals surface area contributed by atoms with E-state index in [0.717, 1.165) is 4.90 Å². The van der Waals surface area contributed by atoms with Crippen molar-refractivity contribution in [2.24, 2.45) is 0 Å². The number of likely N-dealkylation sites (tertiary alicyclic amines) is 1. The molecule has 1 saturated heterocycles. The molecular formula is C22H18N2O5. The van der Waals surface area contributed by atoms with Crippen molar-refractivity contribution in [1.29, 1.82) is 0 Å². The molecule has 2 aromatic rings. The van der Waals surface area contributed by atoms with E-state index in [2.05, 4.69) is 6.58 Å². The zero-order valence-electron chi connectivity index (χ0n) is 15.5. The quantitative estimate of drug-likeness (QED) is 0.326. The molecule has 2 aliphatic heterocycles. The first kappa shape index (κ1) is 18.6. The largest absolute Gasteiger partial charge is 0.460 e. The molecule has 7 heteroatoms. The lowest BCUT2D eigenvalue weighted by Gasteiger charge is -2.45. The number of hydrogen-bond acceptors (Lipinski definition) is 5. The fourth-order valence-corrected chi connectivity index (χ4v) is 3.65. The van der Waals surface area contributed by atoms with Gasteiger partial charge in [-0.25, -0.2) is 4.79 Å². The molecule has 2 aliphatic rings. The van der Waals surface area contributed by atoms with Crippen LogP contribution in [0, 0.1) is 0 Å². The molecule has 0 aromatic heterocycles. The van der Waals surface area contributed by atoms with Crippen molar-refractivity contribution in [1.82, 2.24) is 9.80 Å². The van der Waals surface area contributed by atoms with Crippen LogP contribution in [0.2, 0.25) is 0 Å². The van der Waals surface area contributed by atoms with Crippen molar-refractivity contribution in [2.45, 2.75) is 12.1 Å². The average molecular weight is 390 g/mol. The lowest BCUT2D eigenvalue weighted by Crippen LogP contribution is -2.66. The summed E-state index contributed by atoms with van der Waals surface area (Å²) in [6, 6.07) is 13.4. The molecule has 7 nitrogen and oxygen atoms in total. The van der Waals surface area contributed by atoms with Gasteiger partial charge in [-0.1, -0.05) is 55.1 Å². The van der Waals surface area contributed by atoms with Crippen LogP contribution in [0.15, 0.2) is 67.3 Å². The third-order valence-electron chi connectivity index (χ3n) is 5.07. The van der Waals surface area contributed by atoms with Crippen molar-refractivity contribution >= 4 is 23.7 Å². The van der Waals surface area contributed by atoms with Gasteiger partial charge in [0.1, 0.15) is 12.6 Å². The van der Waals surface area contributed by atoms with E-state index in [4.69, 9.17) is 4.74 Å². The maximum atomic E-state index is 12.9. The van der Waals surface area contributed by atoms with Crippen LogP contribution in [-0.2, 0) is 14.3 Å². The Labute approximate surface area is 167 Å². The topological polar surface area (TPSA) is 84.0 Å². The normalized spacial score (nSPS) is 18.9. The fraction of sp³-hybridized carbons (Fsp3) is 0.182. The van der Waals surface area contributed by atoms with Crippen LogP contribution in [0.4, 0.5) is 0 Å². The first-order valence-electron chi connectivity index (χ1n) is 9.14. The standard InChI is InChI=1S/C22H18N2O5/c1-2-12-29-22(28)18(14-8-4-3-5-9-14)23-13-17(21(23)27)24-19(25)15-10-6-7-11-16(15)20(24)26/h2-11,17-18H,1,12-13H2. The van der Waals surface area contributed by atoms with Gasteiger partial charge in [0.05, 0.1) is 17.7 Å². The van der Waals surface area contributed by atoms with Crippen molar-refractivity contribution in [3.63, 3.8) is 0 Å². The third-order valence-corrected chi connectivity index (χ3v) is 5.07. The van der Waals surface area contributed by atoms with Crippen molar-refractivity contribution < 1.29 is 23.9 Å². The Morgan fingerprint density at radius 1 is 1.03 bits per heavy atom. The van der Waals surface area contributed by atoms with Crippen molar-refractivity contribution in [2.75, 3.05) is 13.2 Å². The molecule has 0 N–H and O–H groups in total. The number of β-lactam (4-membered cyclic amide) rings is 1. The number of nitrogens with zero attached hydrogens (tertiary/aromatic N) is 2. The molecule has 2 heterocycles. The highest BCUT2D eigenvalue weighted by atomic mass is 16.5. The van der Waals surface area contributed by atoms with Gasteiger partial charge in [-0.2, -0.15) is 0 Å². The summed E-state index contributed by atoms with van der Waals surface area (Å²) >= 11 is 0. The summed E-state index contributed by atoms with van der Waals surface area (Å²) in [6.07, 6.45) is 1.44. The second-order valence-electron chi connectivity index (χ2n) is 6.76. The highest BCUT2D eigenvalue weighted by molar-refractivity contribution is 6.23. The lowest BCUT2D eigenvalue weighted by atomic mass is 9.97. The van der Waals surface area contributed by atoms with Gasteiger partial charge < -0.3 is 9.64 Å². The summed E-state index contributed by atoms with van der Waals surface area (Å²) < 4.78 is 5.17. The van der Waals surface area contributed by atoms with Gasteiger partial charge in [0.25, 0.3) is 11.8 Å². The zero-order chi connectivity index (χ0) is 20.5. The number of esters is 1. The van der Waals surface area contributed by atoms with E-state index in [-0.39, 0.29) is 24.3 Å². The predicted molar refractivity (Wildman–Crippen MR) is 103 cm³/mol. The number of carbonyl (C=O) groups excluding carboxylic acids is 4. The summed E-state index contributed by atoms with van der Waals surface area (Å²) in [7, 11) is 0. The molecule has 2 unspecified atom stereocenters. The third kappa shape index (κ3) is 3.00. The number of amides is 3. The van der Waals surface area contributed by atoms with E-state index >= 15 is 0 Å². The highest BCUT2D eigenvalue weighted by Gasteiger charge is 2.53. The fourth-order valence-electron chi connectivity index (χ4n) is 3.65. The summed E-state index contributed by atoms with van der Waals surface area (Å²) in [5.41, 5.74) is 1.17. The number of imide groups is 1. The molecule has 146 valence electrons. The lowest BCUT2D eigenvalue weighted by molar-refractivity contribution is -0.164. The van der Waals surface area contributed by atoms with E-state index in [0.29, 0.717) is 5.56 Å². The smallest absolute Gasteiger partial charge is 0.333 e. The Morgan fingerprint density at radius 2 is 1.62 bits per heavy atom. The minimum atomic E-state index is -0.949. The Morgan fingerprint density at radius 3 is 2.17 bits per heavy atom. The van der Waals surface area contributed by atoms with Gasteiger partial charge in [-0.15, -0.1) is 0 Å². The van der Waals surface area contributed by atoms with Crippen LogP contribution in [0.3, 0.4) is 0 Å². The molecular weight excluding hydrogens is 372 g/mol. The molecule has 2 atom stereocenters. The second-order valence-corrected chi connectivity index (χ2v) is 6.76. The molecule has 0 radical (unpaired) electrons. The van der Waals surface area contributed by atoms with Crippen LogP contribution >= 0.6 is 0 Å². The average Bonchev–Trinajstić information content (AvgIpc) is 3.00. The monoisotopic (exact) mass is 390 g/mol. The van der Waals surface area contributed by atoms with E-state index in [1.165, 1.54) is 11.0 Å². The molecule has 3 amide bonds. The number of fused-ring (bicyclic) bond motifs is 1. The van der Waals surface area contributed by atoms with Gasteiger partial charge in [0, 0.05) is 0 Å². The van der Waals surface area contributed by atoms with Gasteiger partial charge in [-0.05, 0) is 17.7 Å². The Balaban J connectivity index is 1.57. The van der Waals surface area contributed by atoms with Crippen LogP contribution in [-0.4, -0.2) is 52.7 Å². The van der Waals surface area contributed by atoms with E-state index in [1.54, 1.807) is 54.6 Å². The number of rotatable bonds is 6. The molecule has 1 fully saturated rings. The molecule has 4 rings (SSSR count). The van der Waals surface area contributed by atoms with E-state index in [9.17, 15) is 19.2 Å². The first-order chi connectivity index (χ1) is 14.0. The van der Waals surface area contributed by atoms with Gasteiger partial charge in [0.2, 0.25) is 5.91 Å². The number of benzene rings is 2. The van der Waals surface area contributed by atoms with Crippen molar-refractivity contribution in [3.05, 3.63) is 83.9 Å². The van der Waals surface area contributed by atoms with Crippen LogP contribution in [0.25, 0.3) is 0 Å². The highest BCUT2D eigenvalue weighted by Crippen LogP contribution is 2.34. The minimum absolute atomic E-state index is 0.0199. The summed E-state index contributed by atoms with van der Waals surface area (Å²) in [4.78, 5) is 53.1. The predicted octanol–water partition coefficient (Wildman–Crippen LogP) is 1.96. The molecule has 0 saturated carbocycles. The second kappa shape index (κ2) is 7.35. The van der Waals surface area contributed by atoms with Gasteiger partial charge in [0.15, 0.2) is 6.04 Å². The van der Waals surface area contributed by atoms with Gasteiger partial charge >= 0.3 is 5.97 Å².